The number of carbonyl (C=O) groups is 2. The summed E-state index contributed by atoms with van der Waals surface area (Å²) in [6, 6.07) is 16.8. The van der Waals surface area contributed by atoms with E-state index in [1.165, 1.54) is 0 Å². The summed E-state index contributed by atoms with van der Waals surface area (Å²) in [5.41, 5.74) is 2.01. The van der Waals surface area contributed by atoms with E-state index in [1.54, 1.807) is 18.2 Å². The standard InChI is InChI=1S/C20H24N2O2/c1-3-14-21-19(23)17-12-8-9-13-18(17)22-20(24)16(4-2)15-10-6-5-7-11-15/h5-13,16H,3-4,14H2,1-2H3,(H,21,23)(H,22,24). The van der Waals surface area contributed by atoms with Crippen molar-refractivity contribution in [1.82, 2.24) is 5.32 Å². The summed E-state index contributed by atoms with van der Waals surface area (Å²) in [4.78, 5) is 24.9. The molecule has 0 aliphatic carbocycles. The normalized spacial score (nSPS) is 11.6. The zero-order chi connectivity index (χ0) is 17.4. The lowest BCUT2D eigenvalue weighted by molar-refractivity contribution is -0.117. The van der Waals surface area contributed by atoms with E-state index in [-0.39, 0.29) is 17.7 Å². The smallest absolute Gasteiger partial charge is 0.253 e. The Kier molecular flexibility index (Phi) is 6.55. The minimum absolute atomic E-state index is 0.0977. The third-order valence-electron chi connectivity index (χ3n) is 3.89. The second-order valence-corrected chi connectivity index (χ2v) is 5.66. The maximum atomic E-state index is 12.7. The molecule has 4 nitrogen and oxygen atoms in total. The van der Waals surface area contributed by atoms with Crippen molar-refractivity contribution in [3.8, 4) is 0 Å². The highest BCUT2D eigenvalue weighted by molar-refractivity contribution is 6.05. The summed E-state index contributed by atoms with van der Waals surface area (Å²) in [7, 11) is 0. The van der Waals surface area contributed by atoms with Gasteiger partial charge in [-0.3, -0.25) is 9.59 Å². The quantitative estimate of drug-likeness (QED) is 0.810. The molecule has 0 spiro atoms. The lowest BCUT2D eigenvalue weighted by atomic mass is 9.95. The molecule has 2 N–H and O–H groups in total. The van der Waals surface area contributed by atoms with Crippen LogP contribution in [-0.2, 0) is 4.79 Å². The van der Waals surface area contributed by atoms with Crippen LogP contribution in [0.2, 0.25) is 0 Å². The fraction of sp³-hybridized carbons (Fsp3) is 0.300. The molecule has 2 rings (SSSR count). The van der Waals surface area contributed by atoms with Crippen LogP contribution in [-0.4, -0.2) is 18.4 Å². The molecule has 24 heavy (non-hydrogen) atoms. The summed E-state index contributed by atoms with van der Waals surface area (Å²) in [5.74, 6) is -0.502. The van der Waals surface area contributed by atoms with Crippen molar-refractivity contribution >= 4 is 17.5 Å². The van der Waals surface area contributed by atoms with Gasteiger partial charge in [0, 0.05) is 6.54 Å². The molecule has 0 aromatic heterocycles. The van der Waals surface area contributed by atoms with Gasteiger partial charge in [-0.25, -0.2) is 0 Å². The average molecular weight is 324 g/mol. The first-order valence-corrected chi connectivity index (χ1v) is 8.40. The fourth-order valence-electron chi connectivity index (χ4n) is 2.60. The number of carbonyl (C=O) groups excluding carboxylic acids is 2. The number of anilines is 1. The number of nitrogens with one attached hydrogen (secondary N) is 2. The number of para-hydroxylation sites is 1. The summed E-state index contributed by atoms with van der Waals surface area (Å²) in [5, 5.41) is 5.76. The Hall–Kier alpha value is -2.62. The van der Waals surface area contributed by atoms with Gasteiger partial charge in [0.25, 0.3) is 5.91 Å². The van der Waals surface area contributed by atoms with E-state index in [1.807, 2.05) is 50.2 Å². The van der Waals surface area contributed by atoms with E-state index in [0.29, 0.717) is 24.2 Å². The monoisotopic (exact) mass is 324 g/mol. The fourth-order valence-corrected chi connectivity index (χ4v) is 2.60. The first-order chi connectivity index (χ1) is 11.7. The lowest BCUT2D eigenvalue weighted by Crippen LogP contribution is -2.27. The molecular formula is C20H24N2O2. The minimum Gasteiger partial charge on any atom is -0.352 e. The molecule has 0 fully saturated rings. The van der Waals surface area contributed by atoms with Gasteiger partial charge >= 0.3 is 0 Å². The van der Waals surface area contributed by atoms with Crippen LogP contribution in [0.1, 0.15) is 48.5 Å². The SMILES string of the molecule is CCCNC(=O)c1ccccc1NC(=O)C(CC)c1ccccc1. The van der Waals surface area contributed by atoms with Crippen LogP contribution in [0, 0.1) is 0 Å². The van der Waals surface area contributed by atoms with Crippen LogP contribution in [0.15, 0.2) is 54.6 Å². The second kappa shape index (κ2) is 8.87. The lowest BCUT2D eigenvalue weighted by Gasteiger charge is -2.17. The maximum Gasteiger partial charge on any atom is 0.253 e. The molecule has 1 unspecified atom stereocenters. The first kappa shape index (κ1) is 17.7. The van der Waals surface area contributed by atoms with Crippen LogP contribution in [0.5, 0.6) is 0 Å². The molecule has 126 valence electrons. The molecule has 0 bridgehead atoms. The van der Waals surface area contributed by atoms with E-state index < -0.39 is 0 Å². The van der Waals surface area contributed by atoms with Crippen molar-refractivity contribution in [2.24, 2.45) is 0 Å². The van der Waals surface area contributed by atoms with Crippen LogP contribution < -0.4 is 10.6 Å². The third-order valence-corrected chi connectivity index (χ3v) is 3.89. The molecule has 4 heteroatoms. The molecule has 0 aliphatic heterocycles. The van der Waals surface area contributed by atoms with Gasteiger partial charge < -0.3 is 10.6 Å². The van der Waals surface area contributed by atoms with Gasteiger partial charge in [0.1, 0.15) is 0 Å². The number of benzene rings is 2. The van der Waals surface area contributed by atoms with Gasteiger partial charge in [-0.15, -0.1) is 0 Å². The molecule has 1 atom stereocenters. The summed E-state index contributed by atoms with van der Waals surface area (Å²) >= 11 is 0. The van der Waals surface area contributed by atoms with Crippen molar-refractivity contribution in [3.63, 3.8) is 0 Å². The number of hydrogen-bond acceptors (Lipinski definition) is 2. The van der Waals surface area contributed by atoms with E-state index in [2.05, 4.69) is 10.6 Å². The average Bonchev–Trinajstić information content (AvgIpc) is 2.61. The van der Waals surface area contributed by atoms with Crippen LogP contribution in [0.3, 0.4) is 0 Å². The van der Waals surface area contributed by atoms with E-state index >= 15 is 0 Å². The Balaban J connectivity index is 2.18. The number of rotatable bonds is 7. The molecular weight excluding hydrogens is 300 g/mol. The Labute approximate surface area is 143 Å². The Morgan fingerprint density at radius 3 is 2.29 bits per heavy atom. The first-order valence-electron chi connectivity index (χ1n) is 8.40. The number of hydrogen-bond donors (Lipinski definition) is 2. The van der Waals surface area contributed by atoms with Crippen molar-refractivity contribution < 1.29 is 9.59 Å². The molecule has 0 saturated carbocycles. The zero-order valence-corrected chi connectivity index (χ0v) is 14.2. The van der Waals surface area contributed by atoms with Gasteiger partial charge in [0.15, 0.2) is 0 Å². The summed E-state index contributed by atoms with van der Waals surface area (Å²) < 4.78 is 0. The van der Waals surface area contributed by atoms with Crippen molar-refractivity contribution in [3.05, 3.63) is 65.7 Å². The second-order valence-electron chi connectivity index (χ2n) is 5.66. The Bertz CT molecular complexity index is 683. The predicted octanol–water partition coefficient (Wildman–Crippen LogP) is 3.96. The molecule has 2 amide bonds. The molecule has 0 aliphatic rings. The van der Waals surface area contributed by atoms with E-state index in [0.717, 1.165) is 12.0 Å². The van der Waals surface area contributed by atoms with Gasteiger partial charge in [-0.05, 0) is 30.5 Å². The van der Waals surface area contributed by atoms with E-state index in [9.17, 15) is 9.59 Å². The Morgan fingerprint density at radius 1 is 0.958 bits per heavy atom. The van der Waals surface area contributed by atoms with Gasteiger partial charge in [0.05, 0.1) is 17.2 Å². The number of amides is 2. The van der Waals surface area contributed by atoms with Crippen molar-refractivity contribution in [2.45, 2.75) is 32.6 Å². The van der Waals surface area contributed by atoms with Crippen molar-refractivity contribution in [2.75, 3.05) is 11.9 Å². The summed E-state index contributed by atoms with van der Waals surface area (Å²) in [6.07, 6.45) is 1.56. The van der Waals surface area contributed by atoms with Crippen LogP contribution in [0.25, 0.3) is 0 Å². The van der Waals surface area contributed by atoms with Gasteiger partial charge in [-0.2, -0.15) is 0 Å². The van der Waals surface area contributed by atoms with Crippen LogP contribution in [0.4, 0.5) is 5.69 Å². The Morgan fingerprint density at radius 2 is 1.62 bits per heavy atom. The topological polar surface area (TPSA) is 58.2 Å². The molecule has 2 aromatic rings. The maximum absolute atomic E-state index is 12.7. The molecule has 2 aromatic carbocycles. The predicted molar refractivity (Wildman–Crippen MR) is 97.2 cm³/mol. The zero-order valence-electron chi connectivity index (χ0n) is 14.2. The van der Waals surface area contributed by atoms with Gasteiger partial charge in [-0.1, -0.05) is 56.3 Å². The largest absolute Gasteiger partial charge is 0.352 e. The minimum atomic E-state index is -0.238. The van der Waals surface area contributed by atoms with Crippen LogP contribution >= 0.6 is 0 Å². The molecule has 0 saturated heterocycles. The summed E-state index contributed by atoms with van der Waals surface area (Å²) in [6.45, 7) is 4.60. The molecule has 0 heterocycles. The van der Waals surface area contributed by atoms with E-state index in [4.69, 9.17) is 0 Å². The highest BCUT2D eigenvalue weighted by Crippen LogP contribution is 2.23. The van der Waals surface area contributed by atoms with Crippen molar-refractivity contribution in [1.29, 1.82) is 0 Å². The highest BCUT2D eigenvalue weighted by Gasteiger charge is 2.20. The molecule has 0 radical (unpaired) electrons. The van der Waals surface area contributed by atoms with Gasteiger partial charge in [0.2, 0.25) is 5.91 Å². The highest BCUT2D eigenvalue weighted by atomic mass is 16.2. The third kappa shape index (κ3) is 4.44.